The van der Waals surface area contributed by atoms with Crippen LogP contribution >= 0.6 is 0 Å². The molecule has 1 aliphatic rings. The Morgan fingerprint density at radius 2 is 1.83 bits per heavy atom. The smallest absolute Gasteiger partial charge is 0.400 e. The molecule has 132 valence electrons. The Balaban J connectivity index is 2.39. The van der Waals surface area contributed by atoms with Crippen molar-refractivity contribution in [1.29, 1.82) is 0 Å². The monoisotopic (exact) mass is 344 g/mol. The van der Waals surface area contributed by atoms with Crippen LogP contribution < -0.4 is 5.73 Å². The van der Waals surface area contributed by atoms with Crippen LogP contribution in [0.3, 0.4) is 0 Å². The van der Waals surface area contributed by atoms with Gasteiger partial charge in [-0.1, -0.05) is 6.08 Å². The van der Waals surface area contributed by atoms with E-state index in [2.05, 4.69) is 4.98 Å². The van der Waals surface area contributed by atoms with Gasteiger partial charge in [-0.05, 0) is 39.2 Å². The van der Waals surface area contributed by atoms with Gasteiger partial charge in [-0.25, -0.2) is 4.98 Å². The Morgan fingerprint density at radius 1 is 1.29 bits per heavy atom. The van der Waals surface area contributed by atoms with Crippen molar-refractivity contribution < 1.29 is 27.6 Å². The number of hydrogen-bond acceptors (Lipinski definition) is 5. The van der Waals surface area contributed by atoms with Crippen LogP contribution in [0.5, 0.6) is 0 Å². The molecule has 0 bridgehead atoms. The maximum Gasteiger partial charge on any atom is 0.492 e. The van der Waals surface area contributed by atoms with Gasteiger partial charge < -0.3 is 20.1 Å². The fraction of sp³-hybridized carbons (Fsp3) is 0.533. The fourth-order valence-electron chi connectivity index (χ4n) is 2.15. The summed E-state index contributed by atoms with van der Waals surface area (Å²) in [5, 5.41) is 9.60. The number of nitrogens with zero attached hydrogens (tertiary/aromatic N) is 1. The van der Waals surface area contributed by atoms with Gasteiger partial charge in [-0.15, -0.1) is 0 Å². The highest BCUT2D eigenvalue weighted by Crippen LogP contribution is 2.39. The topological polar surface area (TPSA) is 77.6 Å². The fourth-order valence-corrected chi connectivity index (χ4v) is 2.15. The van der Waals surface area contributed by atoms with E-state index in [1.807, 2.05) is 27.7 Å². The van der Waals surface area contributed by atoms with E-state index in [1.54, 1.807) is 0 Å². The maximum absolute atomic E-state index is 12.8. The molecule has 0 spiro atoms. The largest absolute Gasteiger partial charge is 0.492 e. The second kappa shape index (κ2) is 6.05. The second-order valence-electron chi connectivity index (χ2n) is 6.66. The molecule has 0 amide bonds. The molecule has 24 heavy (non-hydrogen) atoms. The van der Waals surface area contributed by atoms with Crippen LogP contribution in [0.25, 0.3) is 6.08 Å². The zero-order valence-corrected chi connectivity index (χ0v) is 13.9. The Labute approximate surface area is 138 Å². The number of pyridine rings is 1. The molecule has 1 aromatic heterocycles. The maximum atomic E-state index is 12.8. The SMILES string of the molecule is CC1(C)OB(C(=Cc2cc(C(F)(F)F)cnc2N)CO)OC1(C)C. The number of anilines is 1. The van der Waals surface area contributed by atoms with Crippen molar-refractivity contribution in [2.24, 2.45) is 0 Å². The van der Waals surface area contributed by atoms with Crippen LogP contribution in [0, 0.1) is 0 Å². The van der Waals surface area contributed by atoms with E-state index in [1.165, 1.54) is 6.08 Å². The highest BCUT2D eigenvalue weighted by molar-refractivity contribution is 6.55. The van der Waals surface area contributed by atoms with Gasteiger partial charge in [0.2, 0.25) is 0 Å². The van der Waals surface area contributed by atoms with Gasteiger partial charge in [0.05, 0.1) is 23.4 Å². The third kappa shape index (κ3) is 3.58. The number of halogens is 3. The minimum atomic E-state index is -4.53. The van der Waals surface area contributed by atoms with E-state index in [-0.39, 0.29) is 16.9 Å². The number of hydrogen-bond donors (Lipinski definition) is 2. The van der Waals surface area contributed by atoms with E-state index < -0.39 is 36.7 Å². The molecule has 0 aliphatic carbocycles. The number of aliphatic hydroxyl groups is 1. The van der Waals surface area contributed by atoms with Crippen molar-refractivity contribution in [2.45, 2.75) is 45.1 Å². The standard InChI is InChI=1S/C15H20BF3N2O3/c1-13(2)14(3,4)24-16(23-13)11(8-22)6-9-5-10(15(17,18)19)7-21-12(9)20/h5-7,22H,8H2,1-4H3,(H2,20,21). The van der Waals surface area contributed by atoms with Crippen LogP contribution in [-0.2, 0) is 15.5 Å². The molecule has 0 radical (unpaired) electrons. The van der Waals surface area contributed by atoms with Crippen molar-refractivity contribution in [2.75, 3.05) is 12.3 Å². The lowest BCUT2D eigenvalue weighted by Gasteiger charge is -2.32. The van der Waals surface area contributed by atoms with E-state index in [0.717, 1.165) is 6.07 Å². The summed E-state index contributed by atoms with van der Waals surface area (Å²) >= 11 is 0. The van der Waals surface area contributed by atoms with Gasteiger partial charge in [0.15, 0.2) is 0 Å². The second-order valence-corrected chi connectivity index (χ2v) is 6.66. The summed E-state index contributed by atoms with van der Waals surface area (Å²) in [6.07, 6.45) is -2.55. The lowest BCUT2D eigenvalue weighted by molar-refractivity contribution is -0.137. The number of rotatable bonds is 3. The predicted molar refractivity (Wildman–Crippen MR) is 84.8 cm³/mol. The summed E-state index contributed by atoms with van der Waals surface area (Å²) < 4.78 is 50.1. The average Bonchev–Trinajstić information content (AvgIpc) is 2.65. The van der Waals surface area contributed by atoms with Gasteiger partial charge in [0.25, 0.3) is 0 Å². The van der Waals surface area contributed by atoms with Gasteiger partial charge in [0.1, 0.15) is 5.82 Å². The Morgan fingerprint density at radius 3 is 2.29 bits per heavy atom. The highest BCUT2D eigenvalue weighted by atomic mass is 19.4. The number of aromatic nitrogens is 1. The minimum Gasteiger partial charge on any atom is -0.400 e. The van der Waals surface area contributed by atoms with Gasteiger partial charge >= 0.3 is 13.3 Å². The van der Waals surface area contributed by atoms with Gasteiger partial charge in [-0.3, -0.25) is 0 Å². The molecular formula is C15H20BF3N2O3. The molecule has 2 heterocycles. The third-order valence-electron chi connectivity index (χ3n) is 4.36. The average molecular weight is 344 g/mol. The van der Waals surface area contributed by atoms with E-state index >= 15 is 0 Å². The zero-order valence-electron chi connectivity index (χ0n) is 13.9. The molecule has 0 unspecified atom stereocenters. The molecule has 0 saturated carbocycles. The molecule has 1 fully saturated rings. The first kappa shape index (κ1) is 18.8. The summed E-state index contributed by atoms with van der Waals surface area (Å²) in [6.45, 7) is 6.89. The summed E-state index contributed by atoms with van der Waals surface area (Å²) in [4.78, 5) is 3.57. The Kier molecular flexibility index (Phi) is 4.73. The molecule has 1 saturated heterocycles. The van der Waals surface area contributed by atoms with Crippen molar-refractivity contribution >= 4 is 19.0 Å². The Bertz CT molecular complexity index is 644. The van der Waals surface area contributed by atoms with E-state index in [4.69, 9.17) is 15.0 Å². The van der Waals surface area contributed by atoms with Crippen molar-refractivity contribution in [1.82, 2.24) is 4.98 Å². The highest BCUT2D eigenvalue weighted by Gasteiger charge is 2.52. The lowest BCUT2D eigenvalue weighted by Crippen LogP contribution is -2.41. The van der Waals surface area contributed by atoms with E-state index in [0.29, 0.717) is 6.20 Å². The molecule has 1 aromatic rings. The van der Waals surface area contributed by atoms with Gasteiger partial charge in [-0.2, -0.15) is 13.2 Å². The first-order valence-corrected chi connectivity index (χ1v) is 7.37. The van der Waals surface area contributed by atoms with Crippen molar-refractivity contribution in [3.05, 3.63) is 28.9 Å². The molecule has 2 rings (SSSR count). The number of nitrogen functional groups attached to an aromatic ring is 1. The predicted octanol–water partition coefficient (Wildman–Crippen LogP) is 2.69. The van der Waals surface area contributed by atoms with Crippen LogP contribution in [-0.4, -0.2) is 35.0 Å². The molecule has 5 nitrogen and oxygen atoms in total. The van der Waals surface area contributed by atoms with Crippen LogP contribution in [0.15, 0.2) is 17.7 Å². The van der Waals surface area contributed by atoms with Crippen LogP contribution in [0.1, 0.15) is 38.8 Å². The third-order valence-corrected chi connectivity index (χ3v) is 4.36. The quantitative estimate of drug-likeness (QED) is 0.825. The summed E-state index contributed by atoms with van der Waals surface area (Å²) in [5.41, 5.74) is 3.77. The van der Waals surface area contributed by atoms with Crippen molar-refractivity contribution in [3.8, 4) is 0 Å². The van der Waals surface area contributed by atoms with Crippen molar-refractivity contribution in [3.63, 3.8) is 0 Å². The molecular weight excluding hydrogens is 324 g/mol. The molecule has 9 heteroatoms. The first-order chi connectivity index (χ1) is 10.9. The molecule has 0 aromatic carbocycles. The first-order valence-electron chi connectivity index (χ1n) is 7.37. The summed E-state index contributed by atoms with van der Waals surface area (Å²) in [6, 6.07) is 0.878. The van der Waals surface area contributed by atoms with Crippen LogP contribution in [0.4, 0.5) is 19.0 Å². The number of nitrogens with two attached hydrogens (primary N) is 1. The Hall–Kier alpha value is -1.58. The lowest BCUT2D eigenvalue weighted by atomic mass is 9.77. The molecule has 3 N–H and O–H groups in total. The normalized spacial score (nSPS) is 20.5. The summed E-state index contributed by atoms with van der Waals surface area (Å²) in [5.74, 6) is -0.0783. The number of aliphatic hydroxyl groups excluding tert-OH is 1. The van der Waals surface area contributed by atoms with Gasteiger partial charge in [0, 0.05) is 11.8 Å². The molecule has 0 atom stereocenters. The minimum absolute atomic E-state index is 0.0450. The number of alkyl halides is 3. The van der Waals surface area contributed by atoms with Crippen LogP contribution in [0.2, 0.25) is 0 Å². The zero-order chi connectivity index (χ0) is 18.3. The summed E-state index contributed by atoms with van der Waals surface area (Å²) in [7, 11) is -0.881. The van der Waals surface area contributed by atoms with E-state index in [9.17, 15) is 18.3 Å². The molecule has 1 aliphatic heterocycles.